The molecule has 0 bridgehead atoms. The van der Waals surface area contributed by atoms with Gasteiger partial charge >= 0.3 is 5.97 Å². The number of carboxylic acid groups (broad SMARTS) is 1. The van der Waals surface area contributed by atoms with Gasteiger partial charge in [0.05, 0.1) is 12.0 Å². The normalized spacial score (nSPS) is 30.0. The molecule has 0 spiro atoms. The first kappa shape index (κ1) is 20.2. The van der Waals surface area contributed by atoms with Crippen LogP contribution in [0.2, 0.25) is 0 Å². The highest BCUT2D eigenvalue weighted by molar-refractivity contribution is 5.72. The standard InChI is InChI=1S/C20H34O5/c1-2-3-4-5-14-24-17-10-8-16(9-11-17)20(23)25-18-12-6-15(7-13-18)19(21)22/h15-18H,2-14H2,1H3,(H,21,22)/p-1. The summed E-state index contributed by atoms with van der Waals surface area (Å²) in [6.45, 7) is 3.04. The van der Waals surface area contributed by atoms with E-state index in [0.29, 0.717) is 31.8 Å². The molecule has 144 valence electrons. The van der Waals surface area contributed by atoms with Gasteiger partial charge in [0.15, 0.2) is 0 Å². The summed E-state index contributed by atoms with van der Waals surface area (Å²) in [5.41, 5.74) is 0. The molecule has 0 atom stereocenters. The first-order valence-corrected chi connectivity index (χ1v) is 10.1. The summed E-state index contributed by atoms with van der Waals surface area (Å²) in [5, 5.41) is 10.9. The van der Waals surface area contributed by atoms with E-state index in [1.165, 1.54) is 19.3 Å². The second kappa shape index (κ2) is 10.8. The number of carboxylic acids is 1. The maximum atomic E-state index is 12.3. The van der Waals surface area contributed by atoms with Crippen LogP contribution >= 0.6 is 0 Å². The third kappa shape index (κ3) is 6.96. The van der Waals surface area contributed by atoms with E-state index in [2.05, 4.69) is 6.92 Å². The summed E-state index contributed by atoms with van der Waals surface area (Å²) in [4.78, 5) is 23.2. The molecule has 5 heteroatoms. The van der Waals surface area contributed by atoms with Crippen LogP contribution in [0.15, 0.2) is 0 Å². The Kier molecular flexibility index (Phi) is 8.73. The van der Waals surface area contributed by atoms with Crippen LogP contribution in [0.3, 0.4) is 0 Å². The van der Waals surface area contributed by atoms with Crippen molar-refractivity contribution in [3.8, 4) is 0 Å². The van der Waals surface area contributed by atoms with Gasteiger partial charge in [-0.1, -0.05) is 26.2 Å². The number of carbonyl (C=O) groups is 2. The fraction of sp³-hybridized carbons (Fsp3) is 0.900. The summed E-state index contributed by atoms with van der Waals surface area (Å²) in [5.74, 6) is -1.46. The quantitative estimate of drug-likeness (QED) is 0.470. The van der Waals surface area contributed by atoms with Crippen LogP contribution in [0.4, 0.5) is 0 Å². The summed E-state index contributed by atoms with van der Waals surface area (Å²) in [7, 11) is 0. The maximum absolute atomic E-state index is 12.3. The fourth-order valence-corrected chi connectivity index (χ4v) is 3.92. The lowest BCUT2D eigenvalue weighted by atomic mass is 9.86. The Labute approximate surface area is 151 Å². The van der Waals surface area contributed by atoms with Crippen molar-refractivity contribution in [2.45, 2.75) is 96.2 Å². The van der Waals surface area contributed by atoms with Gasteiger partial charge in [0.1, 0.15) is 6.10 Å². The highest BCUT2D eigenvalue weighted by Crippen LogP contribution is 2.30. The Bertz CT molecular complexity index is 406. The molecule has 0 unspecified atom stereocenters. The highest BCUT2D eigenvalue weighted by atomic mass is 16.5. The van der Waals surface area contributed by atoms with E-state index in [-0.39, 0.29) is 23.9 Å². The topological polar surface area (TPSA) is 75.7 Å². The predicted octanol–water partition coefficient (Wildman–Crippen LogP) is 2.99. The molecular formula is C20H33O5-. The van der Waals surface area contributed by atoms with Gasteiger partial charge in [-0.15, -0.1) is 0 Å². The first-order chi connectivity index (χ1) is 12.1. The third-order valence-electron chi connectivity index (χ3n) is 5.65. The lowest BCUT2D eigenvalue weighted by molar-refractivity contribution is -0.312. The summed E-state index contributed by atoms with van der Waals surface area (Å²) in [6, 6.07) is 0. The van der Waals surface area contributed by atoms with Gasteiger partial charge in [0.2, 0.25) is 0 Å². The van der Waals surface area contributed by atoms with E-state index in [4.69, 9.17) is 9.47 Å². The molecule has 0 aromatic rings. The number of carbonyl (C=O) groups excluding carboxylic acids is 2. The van der Waals surface area contributed by atoms with Crippen molar-refractivity contribution >= 4 is 11.9 Å². The molecule has 0 aromatic carbocycles. The largest absolute Gasteiger partial charge is 0.550 e. The van der Waals surface area contributed by atoms with Crippen molar-refractivity contribution < 1.29 is 24.2 Å². The van der Waals surface area contributed by atoms with Crippen molar-refractivity contribution in [3.63, 3.8) is 0 Å². The van der Waals surface area contributed by atoms with Gasteiger partial charge in [-0.05, 0) is 63.7 Å². The number of hydrogen-bond donors (Lipinski definition) is 0. The monoisotopic (exact) mass is 353 g/mol. The molecule has 0 saturated heterocycles. The molecule has 2 saturated carbocycles. The fourth-order valence-electron chi connectivity index (χ4n) is 3.92. The minimum absolute atomic E-state index is 0.0150. The molecule has 2 fully saturated rings. The predicted molar refractivity (Wildman–Crippen MR) is 92.7 cm³/mol. The Balaban J connectivity index is 1.59. The Morgan fingerprint density at radius 1 is 0.840 bits per heavy atom. The zero-order valence-corrected chi connectivity index (χ0v) is 15.5. The van der Waals surface area contributed by atoms with E-state index < -0.39 is 5.97 Å². The molecule has 0 N–H and O–H groups in total. The van der Waals surface area contributed by atoms with Gasteiger partial charge in [-0.2, -0.15) is 0 Å². The van der Waals surface area contributed by atoms with E-state index >= 15 is 0 Å². The number of esters is 1. The van der Waals surface area contributed by atoms with Gasteiger partial charge in [-0.3, -0.25) is 4.79 Å². The average Bonchev–Trinajstić information content (AvgIpc) is 2.62. The Morgan fingerprint density at radius 3 is 2.04 bits per heavy atom. The average molecular weight is 353 g/mol. The van der Waals surface area contributed by atoms with Crippen LogP contribution in [0.5, 0.6) is 0 Å². The molecule has 0 aliphatic heterocycles. The van der Waals surface area contributed by atoms with Gasteiger partial charge in [0.25, 0.3) is 0 Å². The number of ether oxygens (including phenoxy) is 2. The van der Waals surface area contributed by atoms with Gasteiger partial charge in [0, 0.05) is 12.6 Å². The highest BCUT2D eigenvalue weighted by Gasteiger charge is 2.31. The number of unbranched alkanes of at least 4 members (excludes halogenated alkanes) is 3. The molecule has 0 aromatic heterocycles. The zero-order chi connectivity index (χ0) is 18.1. The van der Waals surface area contributed by atoms with E-state index in [1.54, 1.807) is 0 Å². The molecule has 2 aliphatic carbocycles. The van der Waals surface area contributed by atoms with E-state index in [9.17, 15) is 14.7 Å². The van der Waals surface area contributed by atoms with Crippen molar-refractivity contribution in [2.24, 2.45) is 11.8 Å². The molecule has 5 nitrogen and oxygen atoms in total. The molecule has 25 heavy (non-hydrogen) atoms. The molecule has 0 heterocycles. The van der Waals surface area contributed by atoms with Crippen molar-refractivity contribution in [1.29, 1.82) is 0 Å². The van der Waals surface area contributed by atoms with Gasteiger partial charge in [-0.25, -0.2) is 0 Å². The van der Waals surface area contributed by atoms with E-state index in [0.717, 1.165) is 38.7 Å². The van der Waals surface area contributed by atoms with Crippen LogP contribution in [-0.2, 0) is 19.1 Å². The second-order valence-electron chi connectivity index (χ2n) is 7.63. The first-order valence-electron chi connectivity index (χ1n) is 10.1. The molecular weight excluding hydrogens is 320 g/mol. The van der Waals surface area contributed by atoms with Crippen LogP contribution < -0.4 is 5.11 Å². The number of hydrogen-bond acceptors (Lipinski definition) is 5. The van der Waals surface area contributed by atoms with Crippen LogP contribution in [-0.4, -0.2) is 30.8 Å². The van der Waals surface area contributed by atoms with Crippen LogP contribution in [0.25, 0.3) is 0 Å². The summed E-state index contributed by atoms with van der Waals surface area (Å²) < 4.78 is 11.6. The number of aliphatic carboxylic acids is 1. The second-order valence-corrected chi connectivity index (χ2v) is 7.63. The molecule has 0 amide bonds. The van der Waals surface area contributed by atoms with E-state index in [1.807, 2.05) is 0 Å². The third-order valence-corrected chi connectivity index (χ3v) is 5.65. The maximum Gasteiger partial charge on any atom is 0.309 e. The smallest absolute Gasteiger partial charge is 0.309 e. The van der Waals surface area contributed by atoms with Crippen molar-refractivity contribution in [2.75, 3.05) is 6.61 Å². The van der Waals surface area contributed by atoms with Crippen LogP contribution in [0, 0.1) is 11.8 Å². The van der Waals surface area contributed by atoms with Crippen molar-refractivity contribution in [3.05, 3.63) is 0 Å². The minimum Gasteiger partial charge on any atom is -0.550 e. The molecule has 2 aliphatic rings. The lowest BCUT2D eigenvalue weighted by Gasteiger charge is -2.31. The zero-order valence-electron chi connectivity index (χ0n) is 15.5. The Hall–Kier alpha value is -1.10. The number of rotatable bonds is 9. The molecule has 2 rings (SSSR count). The van der Waals surface area contributed by atoms with Crippen LogP contribution in [0.1, 0.15) is 84.0 Å². The minimum atomic E-state index is -0.974. The SMILES string of the molecule is CCCCCCOC1CCC(C(=O)OC2CCC(C(=O)[O-])CC2)CC1. The lowest BCUT2D eigenvalue weighted by Crippen LogP contribution is -2.37. The van der Waals surface area contributed by atoms with Crippen molar-refractivity contribution in [1.82, 2.24) is 0 Å². The summed E-state index contributed by atoms with van der Waals surface area (Å²) in [6.07, 6.45) is 11.0. The van der Waals surface area contributed by atoms with Gasteiger partial charge < -0.3 is 19.4 Å². The summed E-state index contributed by atoms with van der Waals surface area (Å²) >= 11 is 0. The Morgan fingerprint density at radius 2 is 1.44 bits per heavy atom. The molecule has 0 radical (unpaired) electrons.